The lowest BCUT2D eigenvalue weighted by Crippen LogP contribution is -2.52. The first-order valence-electron chi connectivity index (χ1n) is 7.99. The minimum absolute atomic E-state index is 0.126. The maximum Gasteiger partial charge on any atom is 0.273 e. The molecule has 0 radical (unpaired) electrons. The molecule has 2 aliphatic carbocycles. The van der Waals surface area contributed by atoms with E-state index in [1.54, 1.807) is 10.9 Å². The molecule has 5 nitrogen and oxygen atoms in total. The van der Waals surface area contributed by atoms with Crippen LogP contribution in [0.25, 0.3) is 10.6 Å². The number of hydrogen-bond donors (Lipinski definition) is 0. The molecular formula is C16H20N4OS. The molecule has 0 N–H and O–H groups in total. The lowest BCUT2D eigenvalue weighted by Gasteiger charge is -2.45. The highest BCUT2D eigenvalue weighted by Crippen LogP contribution is 2.35. The molecule has 0 atom stereocenters. The standard InChI is InChI=1S/C16H20N4OS/c1-19-9-11(8-17-19)15-18-14(10-22-15)16(21)20(12-4-2-5-12)13-6-3-7-13/h8-10,12-13H,2-7H2,1H3. The first-order chi connectivity index (χ1) is 10.7. The van der Waals surface area contributed by atoms with E-state index in [1.165, 1.54) is 24.2 Å². The molecule has 0 saturated heterocycles. The Balaban J connectivity index is 1.57. The summed E-state index contributed by atoms with van der Waals surface area (Å²) < 4.78 is 1.76. The predicted octanol–water partition coefficient (Wildman–Crippen LogP) is 3.09. The average Bonchev–Trinajstić information content (AvgIpc) is 3.01. The van der Waals surface area contributed by atoms with Gasteiger partial charge < -0.3 is 4.90 Å². The van der Waals surface area contributed by atoms with E-state index in [1.807, 2.05) is 18.6 Å². The van der Waals surface area contributed by atoms with Gasteiger partial charge in [0.05, 0.1) is 6.20 Å². The number of aryl methyl sites for hydroxylation is 1. The zero-order valence-electron chi connectivity index (χ0n) is 12.7. The maximum absolute atomic E-state index is 12.9. The van der Waals surface area contributed by atoms with Crippen molar-refractivity contribution in [3.05, 3.63) is 23.5 Å². The van der Waals surface area contributed by atoms with Gasteiger partial charge in [-0.25, -0.2) is 4.98 Å². The molecule has 1 amide bonds. The van der Waals surface area contributed by atoms with Crippen LogP contribution in [0.5, 0.6) is 0 Å². The minimum Gasteiger partial charge on any atom is -0.331 e. The van der Waals surface area contributed by atoms with E-state index in [0.717, 1.165) is 36.3 Å². The lowest BCUT2D eigenvalue weighted by molar-refractivity contribution is 0.0281. The van der Waals surface area contributed by atoms with Crippen molar-refractivity contribution in [2.24, 2.45) is 7.05 Å². The van der Waals surface area contributed by atoms with E-state index in [0.29, 0.717) is 17.8 Å². The summed E-state index contributed by atoms with van der Waals surface area (Å²) in [6.45, 7) is 0. The molecule has 0 unspecified atom stereocenters. The maximum atomic E-state index is 12.9. The first kappa shape index (κ1) is 13.9. The van der Waals surface area contributed by atoms with Gasteiger partial charge in [0.25, 0.3) is 5.91 Å². The Morgan fingerprint density at radius 2 is 1.95 bits per heavy atom. The molecular weight excluding hydrogens is 296 g/mol. The highest BCUT2D eigenvalue weighted by Gasteiger charge is 2.37. The fourth-order valence-electron chi connectivity index (χ4n) is 3.13. The molecule has 0 aliphatic heterocycles. The normalized spacial score (nSPS) is 18.8. The average molecular weight is 316 g/mol. The smallest absolute Gasteiger partial charge is 0.273 e. The van der Waals surface area contributed by atoms with Crippen LogP contribution >= 0.6 is 11.3 Å². The van der Waals surface area contributed by atoms with Crippen molar-refractivity contribution in [2.75, 3.05) is 0 Å². The van der Waals surface area contributed by atoms with Gasteiger partial charge in [-0.2, -0.15) is 5.10 Å². The summed E-state index contributed by atoms with van der Waals surface area (Å²) in [5.41, 5.74) is 1.58. The topological polar surface area (TPSA) is 51.0 Å². The molecule has 2 aliphatic rings. The van der Waals surface area contributed by atoms with Crippen molar-refractivity contribution in [1.82, 2.24) is 19.7 Å². The van der Waals surface area contributed by atoms with E-state index >= 15 is 0 Å². The third kappa shape index (κ3) is 2.35. The Labute approximate surface area is 134 Å². The zero-order chi connectivity index (χ0) is 15.1. The molecule has 116 valence electrons. The molecule has 4 rings (SSSR count). The van der Waals surface area contributed by atoms with Crippen LogP contribution in [0, 0.1) is 0 Å². The minimum atomic E-state index is 0.126. The number of carbonyl (C=O) groups excluding carboxylic acids is 1. The number of hydrogen-bond acceptors (Lipinski definition) is 4. The zero-order valence-corrected chi connectivity index (χ0v) is 13.6. The second-order valence-electron chi connectivity index (χ2n) is 6.32. The quantitative estimate of drug-likeness (QED) is 0.871. The summed E-state index contributed by atoms with van der Waals surface area (Å²) in [7, 11) is 1.89. The number of rotatable bonds is 4. The van der Waals surface area contributed by atoms with Gasteiger partial charge in [-0.1, -0.05) is 0 Å². The van der Waals surface area contributed by atoms with Gasteiger partial charge in [-0.3, -0.25) is 9.48 Å². The van der Waals surface area contributed by atoms with Crippen LogP contribution < -0.4 is 0 Å². The Hall–Kier alpha value is -1.69. The van der Waals surface area contributed by atoms with Gasteiger partial charge in [0, 0.05) is 36.3 Å². The summed E-state index contributed by atoms with van der Waals surface area (Å²) in [6, 6.07) is 0.891. The third-order valence-electron chi connectivity index (χ3n) is 4.85. The van der Waals surface area contributed by atoms with Crippen LogP contribution in [0.3, 0.4) is 0 Å². The van der Waals surface area contributed by atoms with Crippen LogP contribution in [0.4, 0.5) is 0 Å². The van der Waals surface area contributed by atoms with Crippen LogP contribution in [0.15, 0.2) is 17.8 Å². The van der Waals surface area contributed by atoms with Crippen molar-refractivity contribution in [3.63, 3.8) is 0 Å². The van der Waals surface area contributed by atoms with E-state index in [-0.39, 0.29) is 5.91 Å². The number of aromatic nitrogens is 3. The van der Waals surface area contributed by atoms with Crippen molar-refractivity contribution in [1.29, 1.82) is 0 Å². The van der Waals surface area contributed by atoms with E-state index < -0.39 is 0 Å². The Kier molecular flexibility index (Phi) is 3.48. The molecule has 6 heteroatoms. The van der Waals surface area contributed by atoms with Crippen molar-refractivity contribution >= 4 is 17.2 Å². The molecule has 2 aromatic rings. The summed E-state index contributed by atoms with van der Waals surface area (Å²) in [6.07, 6.45) is 10.8. The number of thiazole rings is 1. The van der Waals surface area contributed by atoms with Gasteiger partial charge in [0.2, 0.25) is 0 Å². The molecule has 0 bridgehead atoms. The van der Waals surface area contributed by atoms with Crippen LogP contribution in [0.1, 0.15) is 49.0 Å². The highest BCUT2D eigenvalue weighted by molar-refractivity contribution is 7.13. The van der Waals surface area contributed by atoms with Crippen LogP contribution in [-0.4, -0.2) is 37.7 Å². The summed E-state index contributed by atoms with van der Waals surface area (Å²) in [5, 5.41) is 6.94. The van der Waals surface area contributed by atoms with Crippen LogP contribution in [0.2, 0.25) is 0 Å². The van der Waals surface area contributed by atoms with Gasteiger partial charge in [0.15, 0.2) is 0 Å². The molecule has 2 aromatic heterocycles. The predicted molar refractivity (Wildman–Crippen MR) is 85.8 cm³/mol. The third-order valence-corrected chi connectivity index (χ3v) is 5.74. The first-order valence-corrected chi connectivity index (χ1v) is 8.87. The highest BCUT2D eigenvalue weighted by atomic mass is 32.1. The van der Waals surface area contributed by atoms with E-state index in [4.69, 9.17) is 0 Å². The summed E-state index contributed by atoms with van der Waals surface area (Å²) in [4.78, 5) is 19.6. The summed E-state index contributed by atoms with van der Waals surface area (Å²) >= 11 is 1.52. The molecule has 2 fully saturated rings. The molecule has 22 heavy (non-hydrogen) atoms. The monoisotopic (exact) mass is 316 g/mol. The fourth-order valence-corrected chi connectivity index (χ4v) is 3.90. The molecule has 2 heterocycles. The summed E-state index contributed by atoms with van der Waals surface area (Å²) in [5.74, 6) is 0.126. The Morgan fingerprint density at radius 3 is 2.45 bits per heavy atom. The van der Waals surface area contributed by atoms with Crippen molar-refractivity contribution in [3.8, 4) is 10.6 Å². The van der Waals surface area contributed by atoms with Gasteiger partial charge in [-0.05, 0) is 38.5 Å². The van der Waals surface area contributed by atoms with Crippen molar-refractivity contribution in [2.45, 2.75) is 50.6 Å². The Bertz CT molecular complexity index is 670. The fraction of sp³-hybridized carbons (Fsp3) is 0.562. The second-order valence-corrected chi connectivity index (χ2v) is 7.18. The lowest BCUT2D eigenvalue weighted by atomic mass is 9.84. The second kappa shape index (κ2) is 5.50. The molecule has 0 aromatic carbocycles. The number of amides is 1. The Morgan fingerprint density at radius 1 is 1.27 bits per heavy atom. The van der Waals surface area contributed by atoms with Gasteiger partial charge in [0.1, 0.15) is 10.7 Å². The van der Waals surface area contributed by atoms with Gasteiger partial charge >= 0.3 is 0 Å². The van der Waals surface area contributed by atoms with E-state index in [9.17, 15) is 4.79 Å². The SMILES string of the molecule is Cn1cc(-c2nc(C(=O)N(C3CCC3)C3CCC3)cs2)cn1. The van der Waals surface area contributed by atoms with Crippen molar-refractivity contribution < 1.29 is 4.79 Å². The van der Waals surface area contributed by atoms with E-state index in [2.05, 4.69) is 15.0 Å². The van der Waals surface area contributed by atoms with Gasteiger partial charge in [-0.15, -0.1) is 11.3 Å². The largest absolute Gasteiger partial charge is 0.331 e. The molecule has 2 saturated carbocycles. The number of nitrogens with zero attached hydrogens (tertiary/aromatic N) is 4. The number of carbonyl (C=O) groups is 1. The molecule has 0 spiro atoms. The van der Waals surface area contributed by atoms with Crippen LogP contribution in [-0.2, 0) is 7.05 Å².